The first kappa shape index (κ1) is 13.3. The Hall–Kier alpha value is -1.14. The lowest BCUT2D eigenvalue weighted by Crippen LogP contribution is -2.52. The summed E-state index contributed by atoms with van der Waals surface area (Å²) in [6.45, 7) is 5.36. The lowest BCUT2D eigenvalue weighted by molar-refractivity contribution is -0.143. The van der Waals surface area contributed by atoms with Gasteiger partial charge in [-0.2, -0.15) is 0 Å². The highest BCUT2D eigenvalue weighted by Gasteiger charge is 2.28. The number of hydrogen-bond acceptors (Lipinski definition) is 5. The van der Waals surface area contributed by atoms with E-state index in [-0.39, 0.29) is 6.04 Å². The zero-order valence-electron chi connectivity index (χ0n) is 10.6. The van der Waals surface area contributed by atoms with Gasteiger partial charge in [0.1, 0.15) is 6.04 Å². The molecule has 18 heavy (non-hydrogen) atoms. The van der Waals surface area contributed by atoms with Crippen molar-refractivity contribution in [2.45, 2.75) is 25.8 Å². The second-order valence-corrected chi connectivity index (χ2v) is 5.35. The molecule has 0 aromatic carbocycles. The average Bonchev–Trinajstić information content (AvgIpc) is 2.90. The van der Waals surface area contributed by atoms with Gasteiger partial charge in [-0.15, -0.1) is 11.3 Å². The van der Waals surface area contributed by atoms with E-state index in [0.29, 0.717) is 0 Å². The molecule has 1 aromatic heterocycles. The van der Waals surface area contributed by atoms with Gasteiger partial charge in [0.25, 0.3) is 0 Å². The van der Waals surface area contributed by atoms with E-state index in [2.05, 4.69) is 14.8 Å². The fraction of sp³-hybridized carbons (Fsp3) is 0.667. The van der Waals surface area contributed by atoms with E-state index in [4.69, 9.17) is 0 Å². The van der Waals surface area contributed by atoms with Crippen LogP contribution in [0.5, 0.6) is 0 Å². The third-order valence-electron chi connectivity index (χ3n) is 3.29. The maximum absolute atomic E-state index is 11.2. The maximum atomic E-state index is 11.2. The van der Waals surface area contributed by atoms with Crippen LogP contribution < -0.4 is 4.90 Å². The molecule has 0 saturated carbocycles. The molecular formula is C12H19N3O2S. The van der Waals surface area contributed by atoms with E-state index in [0.717, 1.165) is 44.2 Å². The second kappa shape index (κ2) is 6.15. The molecule has 6 heteroatoms. The smallest absolute Gasteiger partial charge is 0.320 e. The molecule has 1 fully saturated rings. The van der Waals surface area contributed by atoms with Crippen molar-refractivity contribution in [3.8, 4) is 0 Å². The Morgan fingerprint density at radius 3 is 2.72 bits per heavy atom. The maximum Gasteiger partial charge on any atom is 0.320 e. The minimum Gasteiger partial charge on any atom is -0.480 e. The van der Waals surface area contributed by atoms with Crippen LogP contribution >= 0.6 is 11.3 Å². The second-order valence-electron chi connectivity index (χ2n) is 4.48. The van der Waals surface area contributed by atoms with Crippen LogP contribution in [-0.4, -0.2) is 53.2 Å². The Morgan fingerprint density at radius 1 is 1.50 bits per heavy atom. The number of piperazine rings is 1. The van der Waals surface area contributed by atoms with Crippen molar-refractivity contribution >= 4 is 22.4 Å². The van der Waals surface area contributed by atoms with Gasteiger partial charge in [-0.1, -0.05) is 13.3 Å². The fourth-order valence-electron chi connectivity index (χ4n) is 2.33. The number of carboxylic acid groups (broad SMARTS) is 1. The largest absolute Gasteiger partial charge is 0.480 e. The lowest BCUT2D eigenvalue weighted by atomic mass is 10.1. The molecule has 1 aliphatic heterocycles. The predicted molar refractivity (Wildman–Crippen MR) is 72.2 cm³/mol. The van der Waals surface area contributed by atoms with Crippen molar-refractivity contribution in [3.05, 3.63) is 11.6 Å². The third kappa shape index (κ3) is 3.00. The SMILES string of the molecule is CCCC(C(=O)O)N1CCN(c2nccs2)CC1. The normalized spacial score (nSPS) is 18.8. The zero-order chi connectivity index (χ0) is 13.0. The molecule has 0 amide bonds. The molecule has 1 N–H and O–H groups in total. The van der Waals surface area contributed by atoms with Crippen LogP contribution in [0.2, 0.25) is 0 Å². The van der Waals surface area contributed by atoms with E-state index < -0.39 is 5.97 Å². The number of nitrogens with zero attached hydrogens (tertiary/aromatic N) is 3. The van der Waals surface area contributed by atoms with Crippen molar-refractivity contribution in [2.75, 3.05) is 31.1 Å². The predicted octanol–water partition coefficient (Wildman–Crippen LogP) is 1.52. The van der Waals surface area contributed by atoms with E-state index in [1.165, 1.54) is 0 Å². The van der Waals surface area contributed by atoms with Gasteiger partial charge in [0.05, 0.1) is 0 Å². The summed E-state index contributed by atoms with van der Waals surface area (Å²) in [7, 11) is 0. The average molecular weight is 269 g/mol. The van der Waals surface area contributed by atoms with Crippen LogP contribution in [0.3, 0.4) is 0 Å². The van der Waals surface area contributed by atoms with E-state index in [1.807, 2.05) is 18.5 Å². The Labute approximate surface area is 111 Å². The van der Waals surface area contributed by atoms with Gasteiger partial charge < -0.3 is 10.0 Å². The summed E-state index contributed by atoms with van der Waals surface area (Å²) in [5.74, 6) is -0.695. The van der Waals surface area contributed by atoms with Crippen molar-refractivity contribution in [1.29, 1.82) is 0 Å². The Kier molecular flexibility index (Phi) is 4.54. The van der Waals surface area contributed by atoms with E-state index in [1.54, 1.807) is 11.3 Å². The standard InChI is InChI=1S/C12H19N3O2S/c1-2-3-10(11(16)17)14-5-7-15(8-6-14)12-13-4-9-18-12/h4,9-10H,2-3,5-8H2,1H3,(H,16,17). The quantitative estimate of drug-likeness (QED) is 0.878. The summed E-state index contributed by atoms with van der Waals surface area (Å²) in [6.07, 6.45) is 3.44. The molecule has 0 radical (unpaired) electrons. The number of aromatic nitrogens is 1. The fourth-order valence-corrected chi connectivity index (χ4v) is 3.03. The van der Waals surface area contributed by atoms with Crippen molar-refractivity contribution in [3.63, 3.8) is 0 Å². The minimum atomic E-state index is -0.695. The molecular weight excluding hydrogens is 250 g/mol. The number of aliphatic carboxylic acids is 1. The highest BCUT2D eigenvalue weighted by molar-refractivity contribution is 7.13. The summed E-state index contributed by atoms with van der Waals surface area (Å²) >= 11 is 1.64. The Balaban J connectivity index is 1.91. The van der Waals surface area contributed by atoms with Gasteiger partial charge in [-0.05, 0) is 6.42 Å². The summed E-state index contributed by atoms with van der Waals surface area (Å²) in [6, 6.07) is -0.326. The summed E-state index contributed by atoms with van der Waals surface area (Å²) in [4.78, 5) is 19.8. The van der Waals surface area contributed by atoms with Gasteiger partial charge >= 0.3 is 5.97 Å². The van der Waals surface area contributed by atoms with Crippen LogP contribution in [0.25, 0.3) is 0 Å². The molecule has 1 saturated heterocycles. The zero-order valence-corrected chi connectivity index (χ0v) is 11.4. The topological polar surface area (TPSA) is 56.7 Å². The minimum absolute atomic E-state index is 0.326. The van der Waals surface area contributed by atoms with Gasteiger partial charge in [0.2, 0.25) is 0 Å². The number of hydrogen-bond donors (Lipinski definition) is 1. The highest BCUT2D eigenvalue weighted by Crippen LogP contribution is 2.20. The number of rotatable bonds is 5. The monoisotopic (exact) mass is 269 g/mol. The lowest BCUT2D eigenvalue weighted by Gasteiger charge is -2.37. The number of thiazole rings is 1. The van der Waals surface area contributed by atoms with Crippen LogP contribution in [-0.2, 0) is 4.79 Å². The van der Waals surface area contributed by atoms with Crippen LogP contribution in [0, 0.1) is 0 Å². The van der Waals surface area contributed by atoms with Gasteiger partial charge in [0.15, 0.2) is 5.13 Å². The first-order valence-corrected chi connectivity index (χ1v) is 7.21. The van der Waals surface area contributed by atoms with Crippen molar-refractivity contribution in [2.24, 2.45) is 0 Å². The van der Waals surface area contributed by atoms with Crippen LogP contribution in [0.1, 0.15) is 19.8 Å². The summed E-state index contributed by atoms with van der Waals surface area (Å²) in [5.41, 5.74) is 0. The molecule has 0 spiro atoms. The molecule has 0 bridgehead atoms. The number of carboxylic acids is 1. The van der Waals surface area contributed by atoms with Gasteiger partial charge in [0, 0.05) is 37.8 Å². The summed E-state index contributed by atoms with van der Waals surface area (Å²) < 4.78 is 0. The van der Waals surface area contributed by atoms with Crippen molar-refractivity contribution < 1.29 is 9.90 Å². The van der Waals surface area contributed by atoms with Gasteiger partial charge in [-0.25, -0.2) is 4.98 Å². The Bertz CT molecular complexity index is 375. The molecule has 5 nitrogen and oxygen atoms in total. The molecule has 2 rings (SSSR count). The molecule has 1 atom stereocenters. The molecule has 1 aromatic rings. The van der Waals surface area contributed by atoms with E-state index in [9.17, 15) is 9.90 Å². The van der Waals surface area contributed by atoms with Crippen molar-refractivity contribution in [1.82, 2.24) is 9.88 Å². The number of anilines is 1. The first-order chi connectivity index (χ1) is 8.72. The third-order valence-corrected chi connectivity index (χ3v) is 4.12. The van der Waals surface area contributed by atoms with Crippen LogP contribution in [0.4, 0.5) is 5.13 Å². The van der Waals surface area contributed by atoms with Crippen LogP contribution in [0.15, 0.2) is 11.6 Å². The van der Waals surface area contributed by atoms with E-state index >= 15 is 0 Å². The molecule has 1 aliphatic rings. The summed E-state index contributed by atoms with van der Waals surface area (Å²) in [5, 5.41) is 12.3. The number of carbonyl (C=O) groups is 1. The highest BCUT2D eigenvalue weighted by atomic mass is 32.1. The molecule has 1 unspecified atom stereocenters. The van der Waals surface area contributed by atoms with Gasteiger partial charge in [-0.3, -0.25) is 9.69 Å². The molecule has 100 valence electrons. The first-order valence-electron chi connectivity index (χ1n) is 6.33. The molecule has 0 aliphatic carbocycles. The Morgan fingerprint density at radius 2 is 2.22 bits per heavy atom. The molecule has 2 heterocycles.